The Morgan fingerprint density at radius 3 is 2.36 bits per heavy atom. The maximum absolute atomic E-state index is 9.74. The molecule has 0 spiro atoms. The maximum Gasteiger partial charge on any atom is 0.175 e. The third-order valence-electron chi connectivity index (χ3n) is 6.50. The fourth-order valence-electron chi connectivity index (χ4n) is 4.31. The second-order valence-corrected chi connectivity index (χ2v) is 8.65. The number of benzene rings is 3. The largest absolute Gasteiger partial charge is 0.508 e. The van der Waals surface area contributed by atoms with Crippen LogP contribution in [0.15, 0.2) is 71.3 Å². The highest BCUT2D eigenvalue weighted by Gasteiger charge is 2.27. The van der Waals surface area contributed by atoms with Gasteiger partial charge in [-0.2, -0.15) is 0 Å². The van der Waals surface area contributed by atoms with Crippen molar-refractivity contribution in [3.63, 3.8) is 0 Å². The molecular weight excluding hydrogens is 412 g/mol. The molecule has 1 N–H and O–H groups in total. The van der Waals surface area contributed by atoms with E-state index >= 15 is 0 Å². The number of hydrogen-bond acceptors (Lipinski definition) is 5. The highest BCUT2D eigenvalue weighted by atomic mass is 16.5. The lowest BCUT2D eigenvalue weighted by Gasteiger charge is -2.38. The van der Waals surface area contributed by atoms with E-state index in [1.54, 1.807) is 12.1 Å². The van der Waals surface area contributed by atoms with Crippen LogP contribution >= 0.6 is 0 Å². The van der Waals surface area contributed by atoms with Gasteiger partial charge in [0.15, 0.2) is 5.76 Å². The summed E-state index contributed by atoms with van der Waals surface area (Å²) in [7, 11) is 0. The van der Waals surface area contributed by atoms with Crippen LogP contribution in [0.25, 0.3) is 33.7 Å². The molecule has 5 nitrogen and oxygen atoms in total. The summed E-state index contributed by atoms with van der Waals surface area (Å²) in [5, 5.41) is 14.2. The third kappa shape index (κ3) is 4.12. The van der Waals surface area contributed by atoms with Gasteiger partial charge in [0.2, 0.25) is 0 Å². The molecule has 1 aliphatic heterocycles. The lowest BCUT2D eigenvalue weighted by molar-refractivity contribution is 0.0238. The van der Waals surface area contributed by atoms with E-state index in [0.717, 1.165) is 53.3 Å². The zero-order valence-corrected chi connectivity index (χ0v) is 19.2. The number of nitrogens with zero attached hydrogens (tertiary/aromatic N) is 2. The van der Waals surface area contributed by atoms with Crippen LogP contribution in [-0.4, -0.2) is 40.9 Å². The standard InChI is InChI=1S/C28H28N2O3/c1-4-30-16-24(17-30)32-23-14-10-20(11-15-23)26-27(25-7-5-6-18(2)19(25)3)29-33-28(26)21-8-12-22(31)13-9-21/h5-15,24,31H,4,16-17H2,1-3H3. The Bertz CT molecular complexity index is 1250. The van der Waals surface area contributed by atoms with E-state index in [2.05, 4.69) is 55.1 Å². The van der Waals surface area contributed by atoms with Crippen LogP contribution in [0.3, 0.4) is 0 Å². The Morgan fingerprint density at radius 2 is 1.67 bits per heavy atom. The predicted molar refractivity (Wildman–Crippen MR) is 130 cm³/mol. The zero-order valence-electron chi connectivity index (χ0n) is 19.2. The van der Waals surface area contributed by atoms with Gasteiger partial charge in [0.25, 0.3) is 0 Å². The van der Waals surface area contributed by atoms with Crippen molar-refractivity contribution in [2.24, 2.45) is 0 Å². The van der Waals surface area contributed by atoms with Crippen molar-refractivity contribution in [3.8, 4) is 45.2 Å². The molecule has 1 aliphatic rings. The molecule has 0 saturated carbocycles. The monoisotopic (exact) mass is 440 g/mol. The van der Waals surface area contributed by atoms with E-state index in [1.165, 1.54) is 11.1 Å². The quantitative estimate of drug-likeness (QED) is 0.394. The molecule has 2 heterocycles. The Balaban J connectivity index is 1.55. The average molecular weight is 441 g/mol. The molecule has 1 fully saturated rings. The van der Waals surface area contributed by atoms with Crippen molar-refractivity contribution >= 4 is 0 Å². The first-order chi connectivity index (χ1) is 16.0. The molecule has 0 unspecified atom stereocenters. The van der Waals surface area contributed by atoms with E-state index in [9.17, 15) is 5.11 Å². The van der Waals surface area contributed by atoms with Gasteiger partial charge in [0.05, 0.1) is 5.56 Å². The van der Waals surface area contributed by atoms with Crippen LogP contribution in [0.5, 0.6) is 11.5 Å². The van der Waals surface area contributed by atoms with Crippen LogP contribution in [-0.2, 0) is 0 Å². The van der Waals surface area contributed by atoms with Crippen molar-refractivity contribution in [1.29, 1.82) is 0 Å². The fourth-order valence-corrected chi connectivity index (χ4v) is 4.31. The summed E-state index contributed by atoms with van der Waals surface area (Å²) in [6.45, 7) is 9.40. The lowest BCUT2D eigenvalue weighted by atomic mass is 9.93. The molecule has 0 amide bonds. The van der Waals surface area contributed by atoms with Gasteiger partial charge in [-0.05, 0) is 73.5 Å². The Morgan fingerprint density at radius 1 is 0.970 bits per heavy atom. The third-order valence-corrected chi connectivity index (χ3v) is 6.50. The van der Waals surface area contributed by atoms with Crippen LogP contribution < -0.4 is 4.74 Å². The Labute approximate surface area is 194 Å². The summed E-state index contributed by atoms with van der Waals surface area (Å²) in [5.74, 6) is 1.77. The van der Waals surface area contributed by atoms with Crippen molar-refractivity contribution in [1.82, 2.24) is 10.1 Å². The number of ether oxygens (including phenoxy) is 1. The van der Waals surface area contributed by atoms with Crippen LogP contribution in [0.1, 0.15) is 18.1 Å². The minimum Gasteiger partial charge on any atom is -0.508 e. The van der Waals surface area contributed by atoms with Crippen LogP contribution in [0, 0.1) is 13.8 Å². The Hall–Kier alpha value is -3.57. The van der Waals surface area contributed by atoms with Gasteiger partial charge in [-0.1, -0.05) is 42.4 Å². The second-order valence-electron chi connectivity index (χ2n) is 8.65. The summed E-state index contributed by atoms with van der Waals surface area (Å²) in [4.78, 5) is 2.36. The minimum atomic E-state index is 0.216. The number of aryl methyl sites for hydroxylation is 1. The number of phenolic OH excluding ortho intramolecular Hbond substituents is 1. The van der Waals surface area contributed by atoms with Gasteiger partial charge in [-0.15, -0.1) is 0 Å². The molecule has 0 aliphatic carbocycles. The first-order valence-corrected chi connectivity index (χ1v) is 11.4. The summed E-state index contributed by atoms with van der Waals surface area (Å²) in [6.07, 6.45) is 0.254. The molecule has 1 saturated heterocycles. The average Bonchev–Trinajstić information content (AvgIpc) is 3.23. The zero-order chi connectivity index (χ0) is 22.9. The second kappa shape index (κ2) is 8.75. The van der Waals surface area contributed by atoms with Gasteiger partial charge in [-0.3, -0.25) is 4.90 Å². The molecule has 33 heavy (non-hydrogen) atoms. The molecule has 5 heteroatoms. The molecule has 1 aromatic heterocycles. The smallest absolute Gasteiger partial charge is 0.175 e. The van der Waals surface area contributed by atoms with Crippen molar-refractivity contribution in [2.75, 3.05) is 19.6 Å². The lowest BCUT2D eigenvalue weighted by Crippen LogP contribution is -2.53. The van der Waals surface area contributed by atoms with Crippen molar-refractivity contribution in [2.45, 2.75) is 26.9 Å². The first kappa shape index (κ1) is 21.3. The van der Waals surface area contributed by atoms with Gasteiger partial charge in [-0.25, -0.2) is 0 Å². The van der Waals surface area contributed by atoms with Crippen LogP contribution in [0.4, 0.5) is 0 Å². The predicted octanol–water partition coefficient (Wildman–Crippen LogP) is 6.08. The summed E-state index contributed by atoms with van der Waals surface area (Å²) < 4.78 is 12.0. The normalized spacial score (nSPS) is 14.3. The molecule has 0 radical (unpaired) electrons. The highest BCUT2D eigenvalue weighted by Crippen LogP contribution is 2.42. The number of phenols is 1. The SMILES string of the molecule is CCN1CC(Oc2ccc(-c3c(-c4cccc(C)c4C)noc3-c3ccc(O)cc3)cc2)C1. The van der Waals surface area contributed by atoms with Gasteiger partial charge < -0.3 is 14.4 Å². The number of aromatic hydroxyl groups is 1. The van der Waals surface area contributed by atoms with Gasteiger partial charge >= 0.3 is 0 Å². The summed E-state index contributed by atoms with van der Waals surface area (Å²) in [5.41, 5.74) is 7.04. The number of likely N-dealkylation sites (N-methyl/N-ethyl adjacent to an activating group) is 1. The summed E-state index contributed by atoms with van der Waals surface area (Å²) >= 11 is 0. The number of likely N-dealkylation sites (tertiary alicyclic amines) is 1. The minimum absolute atomic E-state index is 0.216. The van der Waals surface area contributed by atoms with Gasteiger partial charge in [0.1, 0.15) is 23.3 Å². The topological polar surface area (TPSA) is 58.7 Å². The number of rotatable bonds is 6. The van der Waals surface area contributed by atoms with E-state index < -0.39 is 0 Å². The molecule has 5 rings (SSSR count). The van der Waals surface area contributed by atoms with E-state index in [4.69, 9.17) is 9.26 Å². The van der Waals surface area contributed by atoms with Crippen molar-refractivity contribution < 1.29 is 14.4 Å². The van der Waals surface area contributed by atoms with E-state index in [0.29, 0.717) is 5.76 Å². The molecule has 0 bridgehead atoms. The molecule has 0 atom stereocenters. The number of hydrogen-bond donors (Lipinski definition) is 1. The van der Waals surface area contributed by atoms with E-state index in [1.807, 2.05) is 30.3 Å². The highest BCUT2D eigenvalue weighted by molar-refractivity contribution is 5.91. The molecular formula is C28H28N2O3. The van der Waals surface area contributed by atoms with Crippen molar-refractivity contribution in [3.05, 3.63) is 77.9 Å². The maximum atomic E-state index is 9.74. The summed E-state index contributed by atoms with van der Waals surface area (Å²) in [6, 6.07) is 21.4. The van der Waals surface area contributed by atoms with E-state index in [-0.39, 0.29) is 11.9 Å². The molecule has 168 valence electrons. The fraction of sp³-hybridized carbons (Fsp3) is 0.250. The number of aromatic nitrogens is 1. The molecule has 3 aromatic carbocycles. The van der Waals surface area contributed by atoms with Crippen LogP contribution in [0.2, 0.25) is 0 Å². The Kier molecular flexibility index (Phi) is 5.65. The first-order valence-electron chi connectivity index (χ1n) is 11.4. The van der Waals surface area contributed by atoms with Gasteiger partial charge in [0, 0.05) is 24.2 Å². The molecule has 4 aromatic rings.